The normalized spacial score (nSPS) is 32.2. The maximum Gasteiger partial charge on any atom is 0.173 e. The first-order valence-corrected chi connectivity index (χ1v) is 5.19. The summed E-state index contributed by atoms with van der Waals surface area (Å²) >= 11 is 3.23. The van der Waals surface area contributed by atoms with E-state index in [2.05, 4.69) is 15.9 Å². The molecule has 2 nitrogen and oxygen atoms in total. The van der Waals surface area contributed by atoms with Crippen molar-refractivity contribution in [1.82, 2.24) is 0 Å². The van der Waals surface area contributed by atoms with Gasteiger partial charge in [-0.3, -0.25) is 0 Å². The number of halogens is 1. The van der Waals surface area contributed by atoms with Crippen LogP contribution in [0.1, 0.15) is 6.92 Å². The average molecular weight is 211 g/mol. The highest BCUT2D eigenvalue weighted by molar-refractivity contribution is 9.09. The lowest BCUT2D eigenvalue weighted by molar-refractivity contribution is 0.606. The van der Waals surface area contributed by atoms with Crippen molar-refractivity contribution in [3.63, 3.8) is 0 Å². The Morgan fingerprint density at radius 1 is 1.78 bits per heavy atom. The molecule has 0 N–H and O–H groups in total. The molecule has 9 heavy (non-hydrogen) atoms. The Morgan fingerprint density at radius 3 is 2.44 bits per heavy atom. The zero-order chi connectivity index (χ0) is 7.07. The van der Waals surface area contributed by atoms with Gasteiger partial charge in [-0.1, -0.05) is 15.9 Å². The zero-order valence-corrected chi connectivity index (χ0v) is 7.37. The fraction of sp³-hybridized carbons (Fsp3) is 0.600. The predicted molar refractivity (Wildman–Crippen MR) is 40.3 cm³/mol. The summed E-state index contributed by atoms with van der Waals surface area (Å²) in [6, 6.07) is 0. The van der Waals surface area contributed by atoms with Gasteiger partial charge in [-0.25, -0.2) is 8.42 Å². The van der Waals surface area contributed by atoms with E-state index >= 15 is 0 Å². The number of hydrogen-bond donors (Lipinski definition) is 0. The lowest BCUT2D eigenvalue weighted by Crippen LogP contribution is -2.04. The third-order valence-electron chi connectivity index (χ3n) is 1.24. The van der Waals surface area contributed by atoms with Gasteiger partial charge in [-0.05, 0) is 12.5 Å². The molecular formula is C5H7BrO2S. The van der Waals surface area contributed by atoms with Gasteiger partial charge in [0, 0.05) is 5.41 Å². The minimum atomic E-state index is -2.85. The van der Waals surface area contributed by atoms with Gasteiger partial charge in [0.2, 0.25) is 0 Å². The van der Waals surface area contributed by atoms with E-state index in [-0.39, 0.29) is 10.6 Å². The van der Waals surface area contributed by atoms with E-state index in [1.54, 1.807) is 0 Å². The van der Waals surface area contributed by atoms with Crippen molar-refractivity contribution in [2.24, 2.45) is 0 Å². The highest BCUT2D eigenvalue weighted by atomic mass is 79.9. The summed E-state index contributed by atoms with van der Waals surface area (Å²) in [4.78, 5) is 0.0440. The molecule has 0 fully saturated rings. The molecule has 0 aromatic heterocycles. The standard InChI is InChI=1S/C5H7BrO2S/c1-4-2-9(7,8)3-5(4)6/h2,5H,3H2,1H3/t5-/m0/s1. The third-order valence-corrected chi connectivity index (χ3v) is 4.24. The van der Waals surface area contributed by atoms with E-state index in [0.717, 1.165) is 5.57 Å². The molecule has 0 unspecified atom stereocenters. The SMILES string of the molecule is CC1=CS(=O)(=O)C[C@@H]1Br. The topological polar surface area (TPSA) is 34.1 Å². The molecule has 1 heterocycles. The van der Waals surface area contributed by atoms with Crippen LogP contribution in [0.5, 0.6) is 0 Å². The number of rotatable bonds is 0. The largest absolute Gasteiger partial charge is 0.224 e. The zero-order valence-electron chi connectivity index (χ0n) is 4.96. The van der Waals surface area contributed by atoms with Gasteiger partial charge in [0.05, 0.1) is 10.6 Å². The summed E-state index contributed by atoms with van der Waals surface area (Å²) < 4.78 is 21.5. The van der Waals surface area contributed by atoms with Crippen LogP contribution in [0.15, 0.2) is 11.0 Å². The Kier molecular flexibility index (Phi) is 1.69. The Bertz CT molecular complexity index is 240. The molecule has 0 radical (unpaired) electrons. The minimum absolute atomic E-state index is 0.0440. The van der Waals surface area contributed by atoms with E-state index in [1.165, 1.54) is 5.41 Å². The van der Waals surface area contributed by atoms with Crippen molar-refractivity contribution in [1.29, 1.82) is 0 Å². The summed E-state index contributed by atoms with van der Waals surface area (Å²) in [7, 11) is -2.85. The second-order valence-electron chi connectivity index (χ2n) is 2.16. The molecule has 52 valence electrons. The fourth-order valence-electron chi connectivity index (χ4n) is 0.741. The molecule has 0 saturated carbocycles. The van der Waals surface area contributed by atoms with Crippen molar-refractivity contribution >= 4 is 25.8 Å². The number of sulfone groups is 1. The van der Waals surface area contributed by atoms with Crippen LogP contribution < -0.4 is 0 Å². The Morgan fingerprint density at radius 2 is 2.33 bits per heavy atom. The van der Waals surface area contributed by atoms with Crippen molar-refractivity contribution in [3.8, 4) is 0 Å². The third kappa shape index (κ3) is 1.55. The second-order valence-corrected chi connectivity index (χ2v) is 5.16. The maximum atomic E-state index is 10.7. The van der Waals surface area contributed by atoms with Crippen LogP contribution in [-0.2, 0) is 9.84 Å². The fourth-order valence-corrected chi connectivity index (χ4v) is 3.65. The van der Waals surface area contributed by atoms with E-state index in [0.29, 0.717) is 0 Å². The van der Waals surface area contributed by atoms with Gasteiger partial charge < -0.3 is 0 Å². The minimum Gasteiger partial charge on any atom is -0.224 e. The summed E-state index contributed by atoms with van der Waals surface area (Å²) in [5, 5.41) is 1.33. The summed E-state index contributed by atoms with van der Waals surface area (Å²) in [5.74, 6) is 0.221. The smallest absolute Gasteiger partial charge is 0.173 e. The molecule has 1 aliphatic heterocycles. The Hall–Kier alpha value is 0.170. The second kappa shape index (κ2) is 2.09. The van der Waals surface area contributed by atoms with Crippen LogP contribution in [-0.4, -0.2) is 19.0 Å². The molecule has 0 spiro atoms. The molecule has 0 aromatic carbocycles. The van der Waals surface area contributed by atoms with E-state index in [4.69, 9.17) is 0 Å². The summed E-state index contributed by atoms with van der Waals surface area (Å²) in [6.07, 6.45) is 0. The molecule has 0 bridgehead atoms. The Balaban J connectivity index is 3.01. The predicted octanol–water partition coefficient (Wildman–Crippen LogP) is 1.08. The average Bonchev–Trinajstić information content (AvgIpc) is 1.79. The molecule has 1 aliphatic rings. The number of hydrogen-bond acceptors (Lipinski definition) is 2. The van der Waals surface area contributed by atoms with Gasteiger partial charge in [0.25, 0.3) is 0 Å². The first kappa shape index (κ1) is 7.28. The number of allylic oxidation sites excluding steroid dienone is 1. The lowest BCUT2D eigenvalue weighted by atomic mass is 10.3. The Labute approximate surface area is 63.0 Å². The lowest BCUT2D eigenvalue weighted by Gasteiger charge is -1.95. The molecule has 0 aliphatic carbocycles. The molecule has 1 rings (SSSR count). The molecular weight excluding hydrogens is 204 g/mol. The summed E-state index contributed by atoms with van der Waals surface area (Å²) in [6.45, 7) is 1.81. The van der Waals surface area contributed by atoms with Gasteiger partial charge in [0.15, 0.2) is 9.84 Å². The highest BCUT2D eigenvalue weighted by Gasteiger charge is 2.23. The van der Waals surface area contributed by atoms with Crippen LogP contribution in [0.3, 0.4) is 0 Å². The van der Waals surface area contributed by atoms with E-state index < -0.39 is 9.84 Å². The van der Waals surface area contributed by atoms with Crippen LogP contribution in [0.2, 0.25) is 0 Å². The van der Waals surface area contributed by atoms with Gasteiger partial charge >= 0.3 is 0 Å². The first-order chi connectivity index (χ1) is 4.01. The van der Waals surface area contributed by atoms with Crippen LogP contribution in [0, 0.1) is 0 Å². The van der Waals surface area contributed by atoms with Crippen molar-refractivity contribution in [2.75, 3.05) is 5.75 Å². The first-order valence-electron chi connectivity index (χ1n) is 2.56. The number of alkyl halides is 1. The van der Waals surface area contributed by atoms with Crippen molar-refractivity contribution < 1.29 is 8.42 Å². The van der Waals surface area contributed by atoms with Crippen molar-refractivity contribution in [3.05, 3.63) is 11.0 Å². The highest BCUT2D eigenvalue weighted by Crippen LogP contribution is 2.22. The molecule has 4 heteroatoms. The molecule has 0 aromatic rings. The quantitative estimate of drug-likeness (QED) is 0.562. The van der Waals surface area contributed by atoms with Crippen LogP contribution in [0.25, 0.3) is 0 Å². The van der Waals surface area contributed by atoms with Crippen LogP contribution >= 0.6 is 15.9 Å². The van der Waals surface area contributed by atoms with E-state index in [9.17, 15) is 8.42 Å². The van der Waals surface area contributed by atoms with Gasteiger partial charge in [0.1, 0.15) is 0 Å². The van der Waals surface area contributed by atoms with Crippen LogP contribution in [0.4, 0.5) is 0 Å². The van der Waals surface area contributed by atoms with Gasteiger partial charge in [-0.15, -0.1) is 0 Å². The van der Waals surface area contributed by atoms with Crippen molar-refractivity contribution in [2.45, 2.75) is 11.8 Å². The summed E-state index contributed by atoms with van der Waals surface area (Å²) in [5.41, 5.74) is 0.898. The molecule has 0 saturated heterocycles. The molecule has 1 atom stereocenters. The van der Waals surface area contributed by atoms with E-state index in [1.807, 2.05) is 6.92 Å². The molecule has 0 amide bonds. The maximum absolute atomic E-state index is 10.7. The van der Waals surface area contributed by atoms with Gasteiger partial charge in [-0.2, -0.15) is 0 Å². The monoisotopic (exact) mass is 210 g/mol.